The van der Waals surface area contributed by atoms with E-state index in [4.69, 9.17) is 0 Å². The molecule has 21 heavy (non-hydrogen) atoms. The minimum Gasteiger partial charge on any atom is -0.332 e. The van der Waals surface area contributed by atoms with Crippen molar-refractivity contribution in [2.24, 2.45) is 0 Å². The van der Waals surface area contributed by atoms with Gasteiger partial charge in [-0.2, -0.15) is 0 Å². The highest BCUT2D eigenvalue weighted by Crippen LogP contribution is 2.28. The van der Waals surface area contributed by atoms with Crippen molar-refractivity contribution >= 4 is 27.1 Å². The first-order valence-electron chi connectivity index (χ1n) is 7.20. The number of piperazine rings is 1. The number of amides is 1. The Morgan fingerprint density at radius 2 is 2.05 bits per heavy atom. The van der Waals surface area contributed by atoms with Crippen LogP contribution in [0.15, 0.2) is 11.4 Å². The summed E-state index contributed by atoms with van der Waals surface area (Å²) in [5, 5.41) is 1.89. The summed E-state index contributed by atoms with van der Waals surface area (Å²) in [5.41, 5.74) is 0.699. The molecule has 1 aromatic rings. The Morgan fingerprint density at radius 3 is 2.71 bits per heavy atom. The van der Waals surface area contributed by atoms with Crippen LogP contribution in [0, 0.1) is 0 Å². The number of aryl methyl sites for hydroxylation is 1. The molecule has 3 rings (SSSR count). The molecule has 0 unspecified atom stereocenters. The van der Waals surface area contributed by atoms with Gasteiger partial charge in [-0.15, -0.1) is 11.3 Å². The fourth-order valence-electron chi connectivity index (χ4n) is 3.22. The van der Waals surface area contributed by atoms with Crippen molar-refractivity contribution in [2.75, 3.05) is 31.6 Å². The molecule has 0 radical (unpaired) electrons. The van der Waals surface area contributed by atoms with E-state index in [-0.39, 0.29) is 29.5 Å². The molecule has 0 saturated carbocycles. The predicted octanol–water partition coefficient (Wildman–Crippen LogP) is 0.864. The molecular weight excluding hydrogens is 308 g/mol. The van der Waals surface area contributed by atoms with Gasteiger partial charge < -0.3 is 4.90 Å². The van der Waals surface area contributed by atoms with E-state index in [1.807, 2.05) is 18.5 Å². The van der Waals surface area contributed by atoms with Crippen LogP contribution in [-0.4, -0.2) is 67.9 Å². The summed E-state index contributed by atoms with van der Waals surface area (Å²) in [6.07, 6.45) is 0.918. The van der Waals surface area contributed by atoms with E-state index in [0.29, 0.717) is 12.1 Å². The molecule has 2 saturated heterocycles. The van der Waals surface area contributed by atoms with E-state index in [1.165, 1.54) is 4.88 Å². The molecule has 1 aromatic heterocycles. The molecule has 2 aliphatic heterocycles. The average Bonchev–Trinajstić information content (AvgIpc) is 3.02. The number of fused-ring (bicyclic) bond motifs is 1. The van der Waals surface area contributed by atoms with Crippen LogP contribution >= 0.6 is 11.3 Å². The molecule has 0 aromatic carbocycles. The van der Waals surface area contributed by atoms with E-state index < -0.39 is 9.84 Å². The SMILES string of the molecule is CCc1cc(C(=O)N2CCN(C)[C@@H]3CS(=O)(=O)C[C@@H]32)cs1. The second-order valence-corrected chi connectivity index (χ2v) is 9.00. The fourth-order valence-corrected chi connectivity index (χ4v) is 6.09. The molecule has 0 bridgehead atoms. The highest BCUT2D eigenvalue weighted by molar-refractivity contribution is 7.91. The number of hydrogen-bond donors (Lipinski definition) is 0. The monoisotopic (exact) mass is 328 g/mol. The topological polar surface area (TPSA) is 57.7 Å². The van der Waals surface area contributed by atoms with Crippen molar-refractivity contribution in [3.05, 3.63) is 21.9 Å². The van der Waals surface area contributed by atoms with Gasteiger partial charge in [0.05, 0.1) is 23.1 Å². The third-order valence-electron chi connectivity index (χ3n) is 4.46. The summed E-state index contributed by atoms with van der Waals surface area (Å²) in [4.78, 5) is 17.7. The molecule has 0 N–H and O–H groups in total. The fraction of sp³-hybridized carbons (Fsp3) is 0.643. The number of thiophene rings is 1. The zero-order valence-electron chi connectivity index (χ0n) is 12.3. The zero-order chi connectivity index (χ0) is 15.2. The Morgan fingerprint density at radius 1 is 1.33 bits per heavy atom. The minimum atomic E-state index is -3.04. The van der Waals surface area contributed by atoms with E-state index in [0.717, 1.165) is 13.0 Å². The van der Waals surface area contributed by atoms with Crippen molar-refractivity contribution in [3.63, 3.8) is 0 Å². The van der Waals surface area contributed by atoms with Crippen LogP contribution in [0.25, 0.3) is 0 Å². The van der Waals surface area contributed by atoms with Gasteiger partial charge in [-0.3, -0.25) is 9.69 Å². The summed E-state index contributed by atoms with van der Waals surface area (Å²) in [5.74, 6) is 0.242. The number of sulfone groups is 1. The Balaban J connectivity index is 1.86. The highest BCUT2D eigenvalue weighted by Gasteiger charge is 2.47. The van der Waals surface area contributed by atoms with Crippen LogP contribution in [0.3, 0.4) is 0 Å². The molecule has 0 spiro atoms. The number of hydrogen-bond acceptors (Lipinski definition) is 5. The summed E-state index contributed by atoms with van der Waals surface area (Å²) < 4.78 is 23.9. The van der Waals surface area contributed by atoms with Crippen molar-refractivity contribution in [2.45, 2.75) is 25.4 Å². The van der Waals surface area contributed by atoms with Gasteiger partial charge in [0.2, 0.25) is 0 Å². The summed E-state index contributed by atoms with van der Waals surface area (Å²) >= 11 is 1.59. The summed E-state index contributed by atoms with van der Waals surface area (Å²) in [6.45, 7) is 3.39. The first-order valence-corrected chi connectivity index (χ1v) is 9.90. The van der Waals surface area contributed by atoms with Crippen LogP contribution in [0.2, 0.25) is 0 Å². The van der Waals surface area contributed by atoms with Crippen LogP contribution in [-0.2, 0) is 16.3 Å². The second-order valence-electron chi connectivity index (χ2n) is 5.85. The molecular formula is C14H20N2O3S2. The molecule has 1 amide bonds. The molecule has 5 nitrogen and oxygen atoms in total. The molecule has 7 heteroatoms. The number of carbonyl (C=O) groups excluding carboxylic acids is 1. The molecule has 0 aliphatic carbocycles. The van der Waals surface area contributed by atoms with Gasteiger partial charge in [-0.25, -0.2) is 8.42 Å². The van der Waals surface area contributed by atoms with Crippen LogP contribution in [0.5, 0.6) is 0 Å². The third-order valence-corrected chi connectivity index (χ3v) is 7.24. The third kappa shape index (κ3) is 2.74. The van der Waals surface area contributed by atoms with Crippen molar-refractivity contribution in [1.29, 1.82) is 0 Å². The van der Waals surface area contributed by atoms with Gasteiger partial charge in [0.25, 0.3) is 5.91 Å². The van der Waals surface area contributed by atoms with Gasteiger partial charge in [-0.1, -0.05) is 6.92 Å². The Labute approximate surface area is 129 Å². The lowest BCUT2D eigenvalue weighted by Crippen LogP contribution is -2.59. The first kappa shape index (κ1) is 15.0. The van der Waals surface area contributed by atoms with Crippen molar-refractivity contribution in [3.8, 4) is 0 Å². The molecule has 2 atom stereocenters. The zero-order valence-corrected chi connectivity index (χ0v) is 13.9. The number of rotatable bonds is 2. The lowest BCUT2D eigenvalue weighted by Gasteiger charge is -2.42. The molecule has 2 fully saturated rings. The second kappa shape index (κ2) is 5.37. The Bertz CT molecular complexity index is 653. The van der Waals surface area contributed by atoms with Gasteiger partial charge in [0.15, 0.2) is 9.84 Å². The van der Waals surface area contributed by atoms with Gasteiger partial charge in [-0.05, 0) is 19.5 Å². The van der Waals surface area contributed by atoms with Gasteiger partial charge in [0.1, 0.15) is 0 Å². The quantitative estimate of drug-likeness (QED) is 0.808. The molecule has 3 heterocycles. The lowest BCUT2D eigenvalue weighted by molar-refractivity contribution is 0.0410. The summed E-state index contributed by atoms with van der Waals surface area (Å²) in [6, 6.07) is 1.67. The van der Waals surface area contributed by atoms with E-state index in [1.54, 1.807) is 16.2 Å². The first-order chi connectivity index (χ1) is 9.91. The minimum absolute atomic E-state index is 0.0221. The van der Waals surface area contributed by atoms with Crippen LogP contribution in [0.1, 0.15) is 22.2 Å². The largest absolute Gasteiger partial charge is 0.332 e. The number of likely N-dealkylation sites (N-methyl/N-ethyl adjacent to an activating group) is 1. The van der Waals surface area contributed by atoms with E-state index in [9.17, 15) is 13.2 Å². The maximum Gasteiger partial charge on any atom is 0.255 e. The Hall–Kier alpha value is -0.920. The van der Waals surface area contributed by atoms with Crippen LogP contribution < -0.4 is 0 Å². The average molecular weight is 328 g/mol. The summed E-state index contributed by atoms with van der Waals surface area (Å²) in [7, 11) is -1.10. The standard InChI is InChI=1S/C14H20N2O3S2/c1-3-11-6-10(7-20-11)14(17)16-5-4-15(2)12-8-21(18,19)9-13(12)16/h6-7,12-13H,3-5,8-9H2,1-2H3/t12-,13+/m1/s1. The Kier molecular flexibility index (Phi) is 3.83. The maximum atomic E-state index is 12.7. The lowest BCUT2D eigenvalue weighted by atomic mass is 10.0. The number of carbonyl (C=O) groups is 1. The predicted molar refractivity (Wildman–Crippen MR) is 83.6 cm³/mol. The van der Waals surface area contributed by atoms with Gasteiger partial charge in [0, 0.05) is 29.4 Å². The smallest absolute Gasteiger partial charge is 0.255 e. The van der Waals surface area contributed by atoms with E-state index >= 15 is 0 Å². The maximum absolute atomic E-state index is 12.7. The van der Waals surface area contributed by atoms with Crippen molar-refractivity contribution < 1.29 is 13.2 Å². The highest BCUT2D eigenvalue weighted by atomic mass is 32.2. The van der Waals surface area contributed by atoms with E-state index in [2.05, 4.69) is 11.8 Å². The van der Waals surface area contributed by atoms with Gasteiger partial charge >= 0.3 is 0 Å². The number of nitrogens with zero attached hydrogens (tertiary/aromatic N) is 2. The molecule has 116 valence electrons. The normalized spacial score (nSPS) is 28.6. The van der Waals surface area contributed by atoms with Crippen LogP contribution in [0.4, 0.5) is 0 Å². The molecule has 2 aliphatic rings. The van der Waals surface area contributed by atoms with Crippen molar-refractivity contribution in [1.82, 2.24) is 9.80 Å².